The van der Waals surface area contributed by atoms with Crippen LogP contribution >= 0.6 is 11.6 Å². The lowest BCUT2D eigenvalue weighted by Crippen LogP contribution is -1.97. The van der Waals surface area contributed by atoms with E-state index in [9.17, 15) is 0 Å². The number of hydrogen-bond acceptors (Lipinski definition) is 2. The molecule has 4 aromatic rings. The van der Waals surface area contributed by atoms with E-state index in [0.29, 0.717) is 5.02 Å². The van der Waals surface area contributed by atoms with Crippen molar-refractivity contribution in [2.45, 2.75) is 6.92 Å². The van der Waals surface area contributed by atoms with Gasteiger partial charge in [-0.2, -0.15) is 0 Å². The Labute approximate surface area is 145 Å². The van der Waals surface area contributed by atoms with Gasteiger partial charge in [-0.25, -0.2) is 9.97 Å². The molecule has 0 spiro atoms. The lowest BCUT2D eigenvalue weighted by molar-refractivity contribution is 1.27. The Morgan fingerprint density at radius 1 is 0.667 bits per heavy atom. The monoisotopic (exact) mass is 330 g/mol. The lowest BCUT2D eigenvalue weighted by atomic mass is 10.0. The molecule has 0 fully saturated rings. The van der Waals surface area contributed by atoms with E-state index in [2.05, 4.69) is 24.3 Å². The maximum absolute atomic E-state index is 6.28. The molecular weight excluding hydrogens is 316 g/mol. The van der Waals surface area contributed by atoms with Crippen LogP contribution in [0.4, 0.5) is 0 Å². The van der Waals surface area contributed by atoms with Crippen LogP contribution in [0.5, 0.6) is 0 Å². The van der Waals surface area contributed by atoms with Gasteiger partial charge in [0, 0.05) is 16.1 Å². The van der Waals surface area contributed by atoms with E-state index >= 15 is 0 Å². The van der Waals surface area contributed by atoms with Crippen molar-refractivity contribution in [2.75, 3.05) is 0 Å². The Morgan fingerprint density at radius 2 is 1.21 bits per heavy atom. The Bertz CT molecular complexity index is 1010. The highest BCUT2D eigenvalue weighted by Crippen LogP contribution is 2.32. The van der Waals surface area contributed by atoms with Crippen LogP contribution in [0.1, 0.15) is 5.56 Å². The predicted molar refractivity (Wildman–Crippen MR) is 100 cm³/mol. The van der Waals surface area contributed by atoms with Crippen LogP contribution in [0.2, 0.25) is 5.02 Å². The summed E-state index contributed by atoms with van der Waals surface area (Å²) in [5.41, 5.74) is 6.52. The zero-order valence-corrected chi connectivity index (χ0v) is 14.0. The van der Waals surface area contributed by atoms with Crippen molar-refractivity contribution in [3.8, 4) is 22.5 Å². The summed E-state index contributed by atoms with van der Waals surface area (Å²) in [6.45, 7) is 1.98. The Balaban J connectivity index is 2.08. The summed E-state index contributed by atoms with van der Waals surface area (Å²) in [6, 6.07) is 24.1. The molecule has 0 aliphatic carbocycles. The SMILES string of the molecule is Cc1c(Cl)ccc2nc(-c3ccccc3)c(-c3ccccc3)nc12. The van der Waals surface area contributed by atoms with Crippen LogP contribution in [0.15, 0.2) is 72.8 Å². The Hall–Kier alpha value is -2.71. The fourth-order valence-electron chi connectivity index (χ4n) is 2.83. The van der Waals surface area contributed by atoms with E-state index < -0.39 is 0 Å². The molecule has 0 atom stereocenters. The molecule has 0 saturated carbocycles. The van der Waals surface area contributed by atoms with Gasteiger partial charge in [0.05, 0.1) is 22.4 Å². The molecule has 0 bridgehead atoms. The van der Waals surface area contributed by atoms with Crippen LogP contribution in [0, 0.1) is 6.92 Å². The number of benzene rings is 3. The van der Waals surface area contributed by atoms with Crippen molar-refractivity contribution in [2.24, 2.45) is 0 Å². The van der Waals surface area contributed by atoms with Gasteiger partial charge in [0.15, 0.2) is 0 Å². The van der Waals surface area contributed by atoms with Gasteiger partial charge >= 0.3 is 0 Å². The van der Waals surface area contributed by atoms with Crippen LogP contribution in [-0.4, -0.2) is 9.97 Å². The number of halogens is 1. The Kier molecular flexibility index (Phi) is 3.75. The van der Waals surface area contributed by atoms with Crippen molar-refractivity contribution < 1.29 is 0 Å². The molecule has 24 heavy (non-hydrogen) atoms. The van der Waals surface area contributed by atoms with E-state index in [1.165, 1.54) is 0 Å². The van der Waals surface area contributed by atoms with Crippen molar-refractivity contribution in [1.82, 2.24) is 9.97 Å². The number of hydrogen-bond donors (Lipinski definition) is 0. The first-order chi connectivity index (χ1) is 11.7. The number of aryl methyl sites for hydroxylation is 1. The van der Waals surface area contributed by atoms with E-state index in [0.717, 1.165) is 39.1 Å². The third-order valence-corrected chi connectivity index (χ3v) is 4.53. The zero-order valence-electron chi connectivity index (χ0n) is 13.2. The summed E-state index contributed by atoms with van der Waals surface area (Å²) in [4.78, 5) is 9.84. The summed E-state index contributed by atoms with van der Waals surface area (Å²) in [5.74, 6) is 0. The molecule has 3 heteroatoms. The van der Waals surface area contributed by atoms with Crippen molar-refractivity contribution >= 4 is 22.6 Å². The molecule has 0 amide bonds. The highest BCUT2D eigenvalue weighted by atomic mass is 35.5. The second-order valence-corrected chi connectivity index (χ2v) is 6.10. The second kappa shape index (κ2) is 6.06. The quantitative estimate of drug-likeness (QED) is 0.455. The minimum absolute atomic E-state index is 0.711. The minimum atomic E-state index is 0.711. The highest BCUT2D eigenvalue weighted by molar-refractivity contribution is 6.32. The highest BCUT2D eigenvalue weighted by Gasteiger charge is 2.14. The van der Waals surface area contributed by atoms with Gasteiger partial charge in [-0.1, -0.05) is 72.3 Å². The van der Waals surface area contributed by atoms with E-state index in [-0.39, 0.29) is 0 Å². The molecule has 116 valence electrons. The maximum atomic E-state index is 6.28. The van der Waals surface area contributed by atoms with Gasteiger partial charge in [0.1, 0.15) is 0 Å². The predicted octanol–water partition coefficient (Wildman–Crippen LogP) is 5.93. The zero-order chi connectivity index (χ0) is 16.5. The van der Waals surface area contributed by atoms with E-state index in [4.69, 9.17) is 21.6 Å². The summed E-state index contributed by atoms with van der Waals surface area (Å²) < 4.78 is 0. The molecule has 2 nitrogen and oxygen atoms in total. The van der Waals surface area contributed by atoms with Crippen LogP contribution in [0.3, 0.4) is 0 Å². The standard InChI is InChI=1S/C21H15ClN2/c1-14-17(22)12-13-18-19(14)24-21(16-10-6-3-7-11-16)20(23-18)15-8-4-2-5-9-15/h2-13H,1H3. The topological polar surface area (TPSA) is 25.8 Å². The van der Waals surface area contributed by atoms with Gasteiger partial charge in [-0.3, -0.25) is 0 Å². The number of fused-ring (bicyclic) bond motifs is 1. The van der Waals surface area contributed by atoms with Crippen molar-refractivity contribution in [3.63, 3.8) is 0 Å². The minimum Gasteiger partial charge on any atom is -0.244 e. The summed E-state index contributed by atoms with van der Waals surface area (Å²) in [6.07, 6.45) is 0. The van der Waals surface area contributed by atoms with Gasteiger partial charge < -0.3 is 0 Å². The first-order valence-electron chi connectivity index (χ1n) is 7.82. The largest absolute Gasteiger partial charge is 0.244 e. The molecule has 1 aromatic heterocycles. The molecular formula is C21H15ClN2. The molecule has 3 aromatic carbocycles. The molecule has 0 radical (unpaired) electrons. The molecule has 0 N–H and O–H groups in total. The first-order valence-corrected chi connectivity index (χ1v) is 8.19. The first kappa shape index (κ1) is 14.9. The summed E-state index contributed by atoms with van der Waals surface area (Å²) in [7, 11) is 0. The van der Waals surface area contributed by atoms with Crippen LogP contribution in [-0.2, 0) is 0 Å². The van der Waals surface area contributed by atoms with Crippen molar-refractivity contribution in [3.05, 3.63) is 83.4 Å². The average Bonchev–Trinajstić information content (AvgIpc) is 2.65. The molecule has 1 heterocycles. The maximum Gasteiger partial charge on any atom is 0.0973 e. The number of rotatable bonds is 2. The second-order valence-electron chi connectivity index (χ2n) is 5.69. The van der Waals surface area contributed by atoms with E-state index in [1.54, 1.807) is 0 Å². The molecule has 0 unspecified atom stereocenters. The van der Waals surface area contributed by atoms with Gasteiger partial charge in [0.25, 0.3) is 0 Å². The molecule has 4 rings (SSSR count). The van der Waals surface area contributed by atoms with Gasteiger partial charge in [-0.05, 0) is 24.6 Å². The molecule has 0 aliphatic heterocycles. The molecule has 0 aliphatic rings. The summed E-state index contributed by atoms with van der Waals surface area (Å²) in [5, 5.41) is 0.711. The summed E-state index contributed by atoms with van der Waals surface area (Å²) >= 11 is 6.28. The molecule has 0 saturated heterocycles. The Morgan fingerprint density at radius 3 is 1.79 bits per heavy atom. The fraction of sp³-hybridized carbons (Fsp3) is 0.0476. The van der Waals surface area contributed by atoms with Crippen LogP contribution in [0.25, 0.3) is 33.5 Å². The third-order valence-electron chi connectivity index (χ3n) is 4.12. The van der Waals surface area contributed by atoms with Gasteiger partial charge in [-0.15, -0.1) is 0 Å². The average molecular weight is 331 g/mol. The van der Waals surface area contributed by atoms with Crippen molar-refractivity contribution in [1.29, 1.82) is 0 Å². The number of nitrogens with zero attached hydrogens (tertiary/aromatic N) is 2. The van der Waals surface area contributed by atoms with E-state index in [1.807, 2.05) is 55.5 Å². The van der Waals surface area contributed by atoms with Gasteiger partial charge in [0.2, 0.25) is 0 Å². The normalized spacial score (nSPS) is 10.9. The lowest BCUT2D eigenvalue weighted by Gasteiger charge is -2.12. The smallest absolute Gasteiger partial charge is 0.0973 e. The third kappa shape index (κ3) is 2.55. The fourth-order valence-corrected chi connectivity index (χ4v) is 2.98. The number of aromatic nitrogens is 2. The van der Waals surface area contributed by atoms with Crippen LogP contribution < -0.4 is 0 Å².